The average molecular weight is 202 g/mol. The van der Waals surface area contributed by atoms with Crippen molar-refractivity contribution in [2.75, 3.05) is 5.32 Å². The SMILES string of the molecule is C#CCC(N)C(=O)Nc1ccccc1C. The van der Waals surface area contributed by atoms with E-state index in [0.29, 0.717) is 0 Å². The Morgan fingerprint density at radius 1 is 1.60 bits per heavy atom. The van der Waals surface area contributed by atoms with Crippen molar-refractivity contribution in [3.8, 4) is 12.3 Å². The monoisotopic (exact) mass is 202 g/mol. The van der Waals surface area contributed by atoms with Gasteiger partial charge in [-0.15, -0.1) is 12.3 Å². The Morgan fingerprint density at radius 3 is 2.87 bits per heavy atom. The zero-order valence-electron chi connectivity index (χ0n) is 8.66. The number of carbonyl (C=O) groups excluding carboxylic acids is 1. The number of carbonyl (C=O) groups is 1. The quantitative estimate of drug-likeness (QED) is 0.725. The highest BCUT2D eigenvalue weighted by Gasteiger charge is 2.12. The molecule has 0 radical (unpaired) electrons. The molecule has 0 aromatic heterocycles. The van der Waals surface area contributed by atoms with E-state index in [4.69, 9.17) is 12.2 Å². The molecule has 0 fully saturated rings. The van der Waals surface area contributed by atoms with Crippen molar-refractivity contribution in [2.24, 2.45) is 5.73 Å². The molecule has 15 heavy (non-hydrogen) atoms. The lowest BCUT2D eigenvalue weighted by molar-refractivity contribution is -0.117. The van der Waals surface area contributed by atoms with Gasteiger partial charge in [-0.05, 0) is 18.6 Å². The third-order valence-electron chi connectivity index (χ3n) is 2.08. The molecule has 0 spiro atoms. The first kappa shape index (κ1) is 11.3. The van der Waals surface area contributed by atoms with Crippen LogP contribution in [0.25, 0.3) is 0 Å². The number of rotatable bonds is 3. The first-order chi connectivity index (χ1) is 7.15. The van der Waals surface area contributed by atoms with Crippen molar-refractivity contribution < 1.29 is 4.79 Å². The minimum atomic E-state index is -0.644. The van der Waals surface area contributed by atoms with Crippen LogP contribution in [-0.4, -0.2) is 11.9 Å². The Kier molecular flexibility index (Phi) is 3.90. The van der Waals surface area contributed by atoms with Crippen molar-refractivity contribution in [3.05, 3.63) is 29.8 Å². The topological polar surface area (TPSA) is 55.1 Å². The van der Waals surface area contributed by atoms with Crippen molar-refractivity contribution in [3.63, 3.8) is 0 Å². The van der Waals surface area contributed by atoms with Crippen LogP contribution < -0.4 is 11.1 Å². The van der Waals surface area contributed by atoms with Gasteiger partial charge in [0, 0.05) is 12.1 Å². The number of hydrogen-bond acceptors (Lipinski definition) is 2. The normalized spacial score (nSPS) is 11.5. The van der Waals surface area contributed by atoms with Gasteiger partial charge in [0.15, 0.2) is 0 Å². The second-order valence-corrected chi connectivity index (χ2v) is 3.32. The molecule has 0 saturated heterocycles. The Hall–Kier alpha value is -1.79. The van der Waals surface area contributed by atoms with Crippen LogP contribution in [0.5, 0.6) is 0 Å². The molecule has 3 heteroatoms. The molecule has 1 unspecified atom stereocenters. The first-order valence-corrected chi connectivity index (χ1v) is 4.70. The molecule has 0 bridgehead atoms. The molecule has 78 valence electrons. The maximum absolute atomic E-state index is 11.5. The number of amides is 1. The van der Waals surface area contributed by atoms with Gasteiger partial charge in [-0.3, -0.25) is 4.79 Å². The molecule has 1 aromatic carbocycles. The molecule has 0 aliphatic rings. The molecule has 0 aliphatic heterocycles. The van der Waals surface area contributed by atoms with E-state index in [-0.39, 0.29) is 12.3 Å². The summed E-state index contributed by atoms with van der Waals surface area (Å²) in [6.45, 7) is 1.92. The minimum absolute atomic E-state index is 0.248. The molecule has 3 nitrogen and oxygen atoms in total. The zero-order chi connectivity index (χ0) is 11.3. The van der Waals surface area contributed by atoms with Gasteiger partial charge in [0.1, 0.15) is 0 Å². The van der Waals surface area contributed by atoms with Crippen molar-refractivity contribution in [2.45, 2.75) is 19.4 Å². The summed E-state index contributed by atoms with van der Waals surface area (Å²) in [6, 6.07) is 6.87. The highest BCUT2D eigenvalue weighted by Crippen LogP contribution is 2.13. The molecule has 1 rings (SSSR count). The average Bonchev–Trinajstić information content (AvgIpc) is 2.21. The number of para-hydroxylation sites is 1. The van der Waals surface area contributed by atoms with Crippen LogP contribution in [0.3, 0.4) is 0 Å². The number of hydrogen-bond donors (Lipinski definition) is 2. The van der Waals surface area contributed by atoms with E-state index in [9.17, 15) is 4.79 Å². The van der Waals surface area contributed by atoms with Crippen LogP contribution in [0.15, 0.2) is 24.3 Å². The predicted molar refractivity (Wildman–Crippen MR) is 61.2 cm³/mol. The highest BCUT2D eigenvalue weighted by molar-refractivity contribution is 5.95. The van der Waals surface area contributed by atoms with E-state index < -0.39 is 6.04 Å². The number of nitrogens with one attached hydrogen (secondary N) is 1. The van der Waals surface area contributed by atoms with Crippen molar-refractivity contribution >= 4 is 11.6 Å². The summed E-state index contributed by atoms with van der Waals surface area (Å²) in [4.78, 5) is 11.5. The van der Waals surface area contributed by atoms with Crippen LogP contribution >= 0.6 is 0 Å². The minimum Gasteiger partial charge on any atom is -0.324 e. The van der Waals surface area contributed by atoms with Crippen molar-refractivity contribution in [1.29, 1.82) is 0 Å². The Labute approximate surface area is 89.7 Å². The summed E-state index contributed by atoms with van der Waals surface area (Å²) in [7, 11) is 0. The summed E-state index contributed by atoms with van der Waals surface area (Å²) in [5.74, 6) is 2.12. The lowest BCUT2D eigenvalue weighted by atomic mass is 10.1. The van der Waals surface area contributed by atoms with Gasteiger partial charge in [-0.2, -0.15) is 0 Å². The third kappa shape index (κ3) is 3.12. The van der Waals surface area contributed by atoms with Gasteiger partial charge < -0.3 is 11.1 Å². The first-order valence-electron chi connectivity index (χ1n) is 4.70. The molecule has 1 amide bonds. The molecular weight excluding hydrogens is 188 g/mol. The molecule has 3 N–H and O–H groups in total. The maximum Gasteiger partial charge on any atom is 0.242 e. The van der Waals surface area contributed by atoms with E-state index in [1.54, 1.807) is 0 Å². The van der Waals surface area contributed by atoms with Gasteiger partial charge in [-0.1, -0.05) is 18.2 Å². The van der Waals surface area contributed by atoms with Crippen LogP contribution in [0.1, 0.15) is 12.0 Å². The molecule has 0 aliphatic carbocycles. The van der Waals surface area contributed by atoms with Gasteiger partial charge >= 0.3 is 0 Å². The largest absolute Gasteiger partial charge is 0.324 e. The number of terminal acetylenes is 1. The fraction of sp³-hybridized carbons (Fsp3) is 0.250. The van der Waals surface area contributed by atoms with E-state index in [1.807, 2.05) is 31.2 Å². The summed E-state index contributed by atoms with van der Waals surface area (Å²) in [5.41, 5.74) is 7.34. The van der Waals surface area contributed by atoms with Gasteiger partial charge in [0.05, 0.1) is 6.04 Å². The number of nitrogens with two attached hydrogens (primary N) is 1. The fourth-order valence-electron chi connectivity index (χ4n) is 1.16. The molecule has 1 atom stereocenters. The molecule has 1 aromatic rings. The molecule has 0 saturated carbocycles. The third-order valence-corrected chi connectivity index (χ3v) is 2.08. The lowest BCUT2D eigenvalue weighted by Gasteiger charge is -2.11. The van der Waals surface area contributed by atoms with Crippen LogP contribution in [0, 0.1) is 19.3 Å². The van der Waals surface area contributed by atoms with Gasteiger partial charge in [0.2, 0.25) is 5.91 Å². The second kappa shape index (κ2) is 5.18. The van der Waals surface area contributed by atoms with Gasteiger partial charge in [-0.25, -0.2) is 0 Å². The molecule has 0 heterocycles. The predicted octanol–water partition coefficient (Wildman–Crippen LogP) is 1.28. The number of aryl methyl sites for hydroxylation is 1. The van der Waals surface area contributed by atoms with Crippen LogP contribution in [0.2, 0.25) is 0 Å². The van der Waals surface area contributed by atoms with E-state index >= 15 is 0 Å². The summed E-state index contributed by atoms with van der Waals surface area (Å²) < 4.78 is 0. The summed E-state index contributed by atoms with van der Waals surface area (Å²) in [6.07, 6.45) is 5.33. The van der Waals surface area contributed by atoms with E-state index in [0.717, 1.165) is 11.3 Å². The van der Waals surface area contributed by atoms with Gasteiger partial charge in [0.25, 0.3) is 0 Å². The van der Waals surface area contributed by atoms with Crippen molar-refractivity contribution in [1.82, 2.24) is 0 Å². The fourth-order valence-corrected chi connectivity index (χ4v) is 1.16. The Morgan fingerprint density at radius 2 is 2.27 bits per heavy atom. The summed E-state index contributed by atoms with van der Waals surface area (Å²) >= 11 is 0. The summed E-state index contributed by atoms with van der Waals surface area (Å²) in [5, 5.41) is 2.74. The molecular formula is C12H14N2O. The van der Waals surface area contributed by atoms with E-state index in [2.05, 4.69) is 11.2 Å². The Balaban J connectivity index is 2.67. The lowest BCUT2D eigenvalue weighted by Crippen LogP contribution is -2.35. The maximum atomic E-state index is 11.5. The standard InChI is InChI=1S/C12H14N2O/c1-3-6-10(13)12(15)14-11-8-5-4-7-9(11)2/h1,4-5,7-8,10H,6,13H2,2H3,(H,14,15). The smallest absolute Gasteiger partial charge is 0.242 e. The number of benzene rings is 1. The Bertz CT molecular complexity index is 393. The van der Waals surface area contributed by atoms with Crippen LogP contribution in [0.4, 0.5) is 5.69 Å². The number of anilines is 1. The highest BCUT2D eigenvalue weighted by atomic mass is 16.2. The van der Waals surface area contributed by atoms with Crippen LogP contribution in [-0.2, 0) is 4.79 Å². The van der Waals surface area contributed by atoms with E-state index in [1.165, 1.54) is 0 Å². The second-order valence-electron chi connectivity index (χ2n) is 3.32. The zero-order valence-corrected chi connectivity index (χ0v) is 8.66.